The number of hydrogen-bond donors (Lipinski definition) is 7. The predicted molar refractivity (Wildman–Crippen MR) is 157 cm³/mol. The molecule has 0 unspecified atom stereocenters. The number of carboxylic acid groups (broad SMARTS) is 1. The van der Waals surface area contributed by atoms with Gasteiger partial charge in [0.25, 0.3) is 0 Å². The molecule has 1 saturated heterocycles. The average molecular weight is 629 g/mol. The fraction of sp³-hybridized carbons (Fsp3) is 0.406. The van der Waals surface area contributed by atoms with Crippen LogP contribution in [-0.2, 0) is 28.6 Å². The third-order valence-electron chi connectivity index (χ3n) is 7.93. The highest BCUT2D eigenvalue weighted by Crippen LogP contribution is 2.39. The number of benzene rings is 2. The highest BCUT2D eigenvalue weighted by molar-refractivity contribution is 5.97. The van der Waals surface area contributed by atoms with Crippen LogP contribution in [0.2, 0.25) is 0 Å². The molecule has 242 valence electrons. The number of carboxylic acids is 1. The molecular formula is C32H36O13. The Morgan fingerprint density at radius 1 is 0.911 bits per heavy atom. The van der Waals surface area contributed by atoms with Crippen LogP contribution in [0.15, 0.2) is 48.6 Å². The minimum Gasteiger partial charge on any atom is -0.504 e. The van der Waals surface area contributed by atoms with Crippen molar-refractivity contribution in [1.29, 1.82) is 0 Å². The SMILES string of the molecule is O=C(C=Cc1ccc(O)c(O)c1)CO[C@]1(C(=O)O)C[C@@H](O)[C@@H]2OCC[C@@H](CCO)[C@@H](C(=O)C=Cc3ccc(O)c(O)c3)O[C@@H]2C1. The first kappa shape index (κ1) is 33.6. The topological polar surface area (TPSA) is 221 Å². The summed E-state index contributed by atoms with van der Waals surface area (Å²) in [5.41, 5.74) is -1.26. The normalized spacial score (nSPS) is 27.1. The first-order valence-electron chi connectivity index (χ1n) is 14.3. The molecule has 0 spiro atoms. The zero-order valence-electron chi connectivity index (χ0n) is 24.2. The number of ether oxygens (including phenoxy) is 3. The summed E-state index contributed by atoms with van der Waals surface area (Å²) < 4.78 is 17.7. The van der Waals surface area contributed by atoms with Crippen LogP contribution in [-0.4, -0.2) is 103 Å². The number of phenols is 4. The smallest absolute Gasteiger partial charge is 0.336 e. The molecule has 13 nitrogen and oxygen atoms in total. The first-order chi connectivity index (χ1) is 21.4. The maximum Gasteiger partial charge on any atom is 0.336 e. The van der Waals surface area contributed by atoms with E-state index < -0.39 is 66.5 Å². The summed E-state index contributed by atoms with van der Waals surface area (Å²) in [6.07, 6.45) is 0.118. The van der Waals surface area contributed by atoms with Crippen LogP contribution < -0.4 is 0 Å². The molecule has 0 bridgehead atoms. The minimum atomic E-state index is -2.07. The van der Waals surface area contributed by atoms with Crippen molar-refractivity contribution in [3.8, 4) is 23.0 Å². The minimum absolute atomic E-state index is 0.0998. The van der Waals surface area contributed by atoms with E-state index in [0.29, 0.717) is 17.5 Å². The fourth-order valence-electron chi connectivity index (χ4n) is 5.50. The molecule has 2 fully saturated rings. The number of fused-ring (bicyclic) bond motifs is 1. The Kier molecular flexibility index (Phi) is 11.0. The molecule has 7 N–H and O–H groups in total. The number of aliphatic hydroxyl groups excluding tert-OH is 2. The Labute approximate surface area is 258 Å². The molecule has 2 aliphatic rings. The Hall–Kier alpha value is -4.27. The fourth-order valence-corrected chi connectivity index (χ4v) is 5.50. The van der Waals surface area contributed by atoms with Gasteiger partial charge in [0.2, 0.25) is 0 Å². The van der Waals surface area contributed by atoms with Gasteiger partial charge in [0.05, 0.1) is 12.2 Å². The van der Waals surface area contributed by atoms with Crippen molar-refractivity contribution in [2.45, 2.75) is 55.7 Å². The molecule has 2 aromatic rings. The second-order valence-corrected chi connectivity index (χ2v) is 11.1. The van der Waals surface area contributed by atoms with Gasteiger partial charge in [-0.3, -0.25) is 9.59 Å². The van der Waals surface area contributed by atoms with Gasteiger partial charge in [-0.2, -0.15) is 0 Å². The molecule has 1 saturated carbocycles. The number of hydrogen-bond acceptors (Lipinski definition) is 12. The predicted octanol–water partition coefficient (Wildman–Crippen LogP) is 1.91. The van der Waals surface area contributed by atoms with E-state index in [9.17, 15) is 50.1 Å². The molecule has 1 aliphatic carbocycles. The van der Waals surface area contributed by atoms with Gasteiger partial charge in [-0.05, 0) is 66.3 Å². The van der Waals surface area contributed by atoms with E-state index in [1.54, 1.807) is 0 Å². The van der Waals surface area contributed by atoms with Crippen molar-refractivity contribution in [3.05, 3.63) is 59.7 Å². The molecule has 0 radical (unpaired) electrons. The third kappa shape index (κ3) is 8.26. The van der Waals surface area contributed by atoms with E-state index in [1.807, 2.05) is 0 Å². The van der Waals surface area contributed by atoms with Gasteiger partial charge in [-0.1, -0.05) is 24.3 Å². The summed E-state index contributed by atoms with van der Waals surface area (Å²) >= 11 is 0. The van der Waals surface area contributed by atoms with Crippen LogP contribution in [0.5, 0.6) is 23.0 Å². The van der Waals surface area contributed by atoms with Gasteiger partial charge in [-0.25, -0.2) is 4.79 Å². The summed E-state index contributed by atoms with van der Waals surface area (Å²) in [6, 6.07) is 7.92. The standard InChI is InChI=1S/C32H36O13/c33-11-9-20-10-12-43-30-27(40)15-32(31(41)42,44-17-21(34)5-1-18-2-6-22(35)25(38)13-18)16-28(30)45-29(20)24(37)8-4-19-3-7-23(36)26(39)14-19/h1-8,13-14,20,27-30,33,35-36,38-40H,9-12,15-17H2,(H,41,42)/t20-,27-,28-,29+,30+,32-/m1/s1. The van der Waals surface area contributed by atoms with Crippen LogP contribution in [0, 0.1) is 5.92 Å². The summed E-state index contributed by atoms with van der Waals surface area (Å²) in [5.74, 6) is -4.52. The number of aromatic hydroxyl groups is 4. The number of rotatable bonds is 11. The van der Waals surface area contributed by atoms with E-state index in [1.165, 1.54) is 54.6 Å². The van der Waals surface area contributed by atoms with E-state index >= 15 is 0 Å². The van der Waals surface area contributed by atoms with Gasteiger partial charge in [0, 0.05) is 26.1 Å². The summed E-state index contributed by atoms with van der Waals surface area (Å²) in [6.45, 7) is -0.830. The lowest BCUT2D eigenvalue weighted by molar-refractivity contribution is -0.231. The largest absolute Gasteiger partial charge is 0.504 e. The number of phenolic OH excluding ortho intramolecular Hbond substituents is 4. The summed E-state index contributed by atoms with van der Waals surface area (Å²) in [7, 11) is 0. The average Bonchev–Trinajstić information content (AvgIpc) is 2.99. The lowest BCUT2D eigenvalue weighted by Gasteiger charge is -2.46. The Morgan fingerprint density at radius 2 is 1.53 bits per heavy atom. The number of aliphatic hydroxyl groups is 2. The lowest BCUT2D eigenvalue weighted by atomic mass is 9.78. The maximum absolute atomic E-state index is 13.4. The number of carbonyl (C=O) groups is 3. The van der Waals surface area contributed by atoms with Crippen molar-refractivity contribution in [2.75, 3.05) is 19.8 Å². The molecule has 1 aliphatic heterocycles. The van der Waals surface area contributed by atoms with Gasteiger partial charge < -0.3 is 50.0 Å². The molecule has 4 rings (SSSR count). The number of aliphatic carboxylic acids is 1. The van der Waals surface area contributed by atoms with Crippen molar-refractivity contribution < 1.29 is 64.3 Å². The Balaban J connectivity index is 1.53. The van der Waals surface area contributed by atoms with Crippen molar-refractivity contribution in [1.82, 2.24) is 0 Å². The van der Waals surface area contributed by atoms with Crippen molar-refractivity contribution in [3.63, 3.8) is 0 Å². The van der Waals surface area contributed by atoms with Crippen LogP contribution in [0.25, 0.3) is 12.2 Å². The van der Waals surface area contributed by atoms with Crippen LogP contribution in [0.4, 0.5) is 0 Å². The van der Waals surface area contributed by atoms with E-state index in [0.717, 1.165) is 6.08 Å². The molecule has 2 aromatic carbocycles. The zero-order chi connectivity index (χ0) is 32.7. The van der Waals surface area contributed by atoms with Gasteiger partial charge >= 0.3 is 5.97 Å². The van der Waals surface area contributed by atoms with Gasteiger partial charge in [0.15, 0.2) is 40.2 Å². The first-order valence-corrected chi connectivity index (χ1v) is 14.3. The second kappa shape index (κ2) is 14.7. The molecule has 0 aromatic heterocycles. The monoisotopic (exact) mass is 628 g/mol. The lowest BCUT2D eigenvalue weighted by Crippen LogP contribution is -2.61. The summed E-state index contributed by atoms with van der Waals surface area (Å²) in [5, 5.41) is 69.2. The van der Waals surface area contributed by atoms with Crippen LogP contribution in [0.1, 0.15) is 36.8 Å². The Bertz CT molecular complexity index is 1450. The third-order valence-corrected chi connectivity index (χ3v) is 7.93. The van der Waals surface area contributed by atoms with Crippen LogP contribution in [0.3, 0.4) is 0 Å². The molecule has 13 heteroatoms. The molecule has 45 heavy (non-hydrogen) atoms. The van der Waals surface area contributed by atoms with E-state index in [4.69, 9.17) is 14.2 Å². The number of ketones is 2. The van der Waals surface area contributed by atoms with Crippen LogP contribution >= 0.6 is 0 Å². The van der Waals surface area contributed by atoms with Gasteiger partial charge in [0.1, 0.15) is 18.8 Å². The quantitative estimate of drug-likeness (QED) is 0.140. The molecule has 1 heterocycles. The zero-order valence-corrected chi connectivity index (χ0v) is 24.2. The van der Waals surface area contributed by atoms with Crippen molar-refractivity contribution >= 4 is 29.7 Å². The highest BCUT2D eigenvalue weighted by atomic mass is 16.6. The highest BCUT2D eigenvalue weighted by Gasteiger charge is 2.54. The van der Waals surface area contributed by atoms with Gasteiger partial charge in [-0.15, -0.1) is 0 Å². The summed E-state index contributed by atoms with van der Waals surface area (Å²) in [4.78, 5) is 38.6. The van der Waals surface area contributed by atoms with E-state index in [-0.39, 0.29) is 49.1 Å². The maximum atomic E-state index is 13.4. The second-order valence-electron chi connectivity index (χ2n) is 11.1. The molecular weight excluding hydrogens is 592 g/mol. The van der Waals surface area contributed by atoms with Crippen molar-refractivity contribution in [2.24, 2.45) is 5.92 Å². The van der Waals surface area contributed by atoms with E-state index in [2.05, 4.69) is 0 Å². The Morgan fingerprint density at radius 3 is 2.11 bits per heavy atom. The number of carbonyl (C=O) groups excluding carboxylic acids is 2. The molecule has 0 amide bonds. The molecule has 6 atom stereocenters.